The number of ether oxygens (including phenoxy) is 2. The molecule has 4 rings (SSSR count). The monoisotopic (exact) mass is 447 g/mol. The first-order valence-corrected chi connectivity index (χ1v) is 10.5. The molecule has 4 aromatic rings. The Morgan fingerprint density at radius 2 is 1.70 bits per heavy atom. The molecule has 2 aromatic heterocycles. The maximum absolute atomic E-state index is 12.5. The van der Waals surface area contributed by atoms with Gasteiger partial charge in [-0.3, -0.25) is 9.59 Å². The molecule has 0 aliphatic rings. The van der Waals surface area contributed by atoms with Crippen LogP contribution in [0.15, 0.2) is 57.8 Å². The second kappa shape index (κ2) is 9.20. The fourth-order valence-corrected chi connectivity index (χ4v) is 3.34. The molecule has 2 aromatic carbocycles. The summed E-state index contributed by atoms with van der Waals surface area (Å²) in [7, 11) is 0. The summed E-state index contributed by atoms with van der Waals surface area (Å²) in [5, 5.41) is 2.83. The SMILES string of the molecule is Cc1ccc(C)c(OCC(=O)Nc2ccc(C)cc2OCc2cc(=O)n3oc(C)cc3n2)c1. The van der Waals surface area contributed by atoms with Gasteiger partial charge in [-0.1, -0.05) is 18.2 Å². The van der Waals surface area contributed by atoms with Gasteiger partial charge in [-0.05, 0) is 62.6 Å². The van der Waals surface area contributed by atoms with Crippen molar-refractivity contribution in [3.8, 4) is 11.5 Å². The van der Waals surface area contributed by atoms with Crippen molar-refractivity contribution in [1.29, 1.82) is 0 Å². The number of aryl methyl sites for hydroxylation is 4. The highest BCUT2D eigenvalue weighted by atomic mass is 16.5. The number of fused-ring (bicyclic) bond motifs is 1. The Labute approximate surface area is 190 Å². The molecule has 0 radical (unpaired) electrons. The van der Waals surface area contributed by atoms with Gasteiger partial charge < -0.3 is 19.3 Å². The fraction of sp³-hybridized carbons (Fsp3) is 0.240. The van der Waals surface area contributed by atoms with Crippen LogP contribution in [0.4, 0.5) is 5.69 Å². The van der Waals surface area contributed by atoms with E-state index in [1.165, 1.54) is 6.07 Å². The topological polar surface area (TPSA) is 95.1 Å². The van der Waals surface area contributed by atoms with Crippen LogP contribution in [0.5, 0.6) is 11.5 Å². The summed E-state index contributed by atoms with van der Waals surface area (Å²) in [6.07, 6.45) is 0. The molecule has 0 aliphatic heterocycles. The van der Waals surface area contributed by atoms with Gasteiger partial charge in [-0.15, -0.1) is 4.57 Å². The van der Waals surface area contributed by atoms with Crippen molar-refractivity contribution < 1.29 is 18.8 Å². The number of hydrogen-bond donors (Lipinski definition) is 1. The van der Waals surface area contributed by atoms with Crippen LogP contribution in [-0.4, -0.2) is 22.1 Å². The smallest absolute Gasteiger partial charge is 0.287 e. The van der Waals surface area contributed by atoms with Gasteiger partial charge in [0.15, 0.2) is 12.3 Å². The predicted octanol–water partition coefficient (Wildman–Crippen LogP) is 4.12. The summed E-state index contributed by atoms with van der Waals surface area (Å²) in [5.74, 6) is 1.42. The molecule has 33 heavy (non-hydrogen) atoms. The molecule has 0 aliphatic carbocycles. The molecule has 1 amide bonds. The van der Waals surface area contributed by atoms with Crippen LogP contribution in [0.25, 0.3) is 5.65 Å². The Morgan fingerprint density at radius 1 is 0.970 bits per heavy atom. The standard InChI is InChI=1S/C25H25N3O5/c1-15-5-7-17(3)21(9-15)32-14-24(29)27-20-8-6-16(2)10-22(20)31-13-19-12-25(30)28-23(26-19)11-18(4)33-28/h5-12H,13-14H2,1-4H3,(H,27,29). The molecule has 1 N–H and O–H groups in total. The zero-order chi connectivity index (χ0) is 23.5. The van der Waals surface area contributed by atoms with Crippen molar-refractivity contribution >= 4 is 17.2 Å². The first kappa shape index (κ1) is 22.1. The highest BCUT2D eigenvalue weighted by molar-refractivity contribution is 5.93. The minimum Gasteiger partial charge on any atom is -0.485 e. The molecule has 0 saturated carbocycles. The van der Waals surface area contributed by atoms with Crippen molar-refractivity contribution in [3.63, 3.8) is 0 Å². The van der Waals surface area contributed by atoms with E-state index < -0.39 is 0 Å². The predicted molar refractivity (Wildman–Crippen MR) is 124 cm³/mol. The second-order valence-electron chi connectivity index (χ2n) is 7.98. The quantitative estimate of drug-likeness (QED) is 0.458. The first-order valence-electron chi connectivity index (χ1n) is 10.5. The lowest BCUT2D eigenvalue weighted by atomic mass is 10.1. The molecule has 0 bridgehead atoms. The van der Waals surface area contributed by atoms with Gasteiger partial charge >= 0.3 is 0 Å². The van der Waals surface area contributed by atoms with Gasteiger partial charge in [0, 0.05) is 12.1 Å². The maximum atomic E-state index is 12.5. The summed E-state index contributed by atoms with van der Waals surface area (Å²) < 4.78 is 18.0. The molecule has 0 saturated heterocycles. The number of benzene rings is 2. The number of aromatic nitrogens is 2. The van der Waals surface area contributed by atoms with Crippen molar-refractivity contribution in [2.75, 3.05) is 11.9 Å². The minimum atomic E-state index is -0.326. The Kier molecular flexibility index (Phi) is 6.17. The van der Waals surface area contributed by atoms with Gasteiger partial charge in [0.25, 0.3) is 11.5 Å². The lowest BCUT2D eigenvalue weighted by molar-refractivity contribution is -0.118. The van der Waals surface area contributed by atoms with Gasteiger partial charge in [0.05, 0.1) is 11.4 Å². The number of carbonyl (C=O) groups is 1. The third-order valence-corrected chi connectivity index (χ3v) is 5.01. The van der Waals surface area contributed by atoms with Crippen molar-refractivity contribution in [2.24, 2.45) is 0 Å². The average Bonchev–Trinajstić information content (AvgIpc) is 3.15. The normalized spacial score (nSPS) is 10.9. The lowest BCUT2D eigenvalue weighted by Crippen LogP contribution is -2.21. The van der Waals surface area contributed by atoms with Crippen molar-refractivity contribution in [2.45, 2.75) is 34.3 Å². The largest absolute Gasteiger partial charge is 0.485 e. The average molecular weight is 447 g/mol. The number of hydrogen-bond acceptors (Lipinski definition) is 6. The van der Waals surface area contributed by atoms with E-state index in [1.807, 2.05) is 51.1 Å². The summed E-state index contributed by atoms with van der Waals surface area (Å²) in [6.45, 7) is 7.49. The van der Waals surface area contributed by atoms with Crippen molar-refractivity contribution in [3.05, 3.63) is 87.0 Å². The van der Waals surface area contributed by atoms with Gasteiger partial charge in [-0.2, -0.15) is 0 Å². The lowest BCUT2D eigenvalue weighted by Gasteiger charge is -2.14. The zero-order valence-corrected chi connectivity index (χ0v) is 19.0. The molecule has 0 atom stereocenters. The summed E-state index contributed by atoms with van der Waals surface area (Å²) in [5.41, 5.74) is 4.03. The number of nitrogens with zero attached hydrogens (tertiary/aromatic N) is 2. The van der Waals surface area contributed by atoms with Crippen LogP contribution in [0, 0.1) is 27.7 Å². The maximum Gasteiger partial charge on any atom is 0.287 e. The van der Waals surface area contributed by atoms with Gasteiger partial charge in [-0.25, -0.2) is 4.98 Å². The van der Waals surface area contributed by atoms with Gasteiger partial charge in [0.2, 0.25) is 0 Å². The van der Waals surface area contributed by atoms with Crippen LogP contribution in [-0.2, 0) is 11.4 Å². The summed E-state index contributed by atoms with van der Waals surface area (Å²) in [6, 6.07) is 14.3. The number of amides is 1. The molecule has 0 fully saturated rings. The summed E-state index contributed by atoms with van der Waals surface area (Å²) in [4.78, 5) is 29.2. The molecular formula is C25H25N3O5. The number of anilines is 1. The van der Waals surface area contributed by atoms with Crippen LogP contribution in [0.2, 0.25) is 0 Å². The molecule has 8 nitrogen and oxygen atoms in total. The van der Waals surface area contributed by atoms with Gasteiger partial charge in [0.1, 0.15) is 23.9 Å². The fourth-order valence-electron chi connectivity index (χ4n) is 3.34. The van der Waals surface area contributed by atoms with Crippen LogP contribution in [0.1, 0.15) is 28.1 Å². The molecule has 8 heteroatoms. The van der Waals surface area contributed by atoms with E-state index in [0.717, 1.165) is 21.3 Å². The second-order valence-corrected chi connectivity index (χ2v) is 7.98. The van der Waals surface area contributed by atoms with E-state index in [4.69, 9.17) is 14.0 Å². The van der Waals surface area contributed by atoms with E-state index in [0.29, 0.717) is 34.3 Å². The Bertz CT molecular complexity index is 1390. The third kappa shape index (κ3) is 5.23. The number of nitrogens with one attached hydrogen (secondary N) is 1. The zero-order valence-electron chi connectivity index (χ0n) is 19.0. The summed E-state index contributed by atoms with van der Waals surface area (Å²) >= 11 is 0. The van der Waals surface area contributed by atoms with E-state index in [2.05, 4.69) is 10.3 Å². The first-order chi connectivity index (χ1) is 15.8. The van der Waals surface area contributed by atoms with E-state index in [1.54, 1.807) is 19.1 Å². The van der Waals surface area contributed by atoms with E-state index in [9.17, 15) is 9.59 Å². The molecular weight excluding hydrogens is 422 g/mol. The highest BCUT2D eigenvalue weighted by Gasteiger charge is 2.12. The van der Waals surface area contributed by atoms with Crippen LogP contribution in [0.3, 0.4) is 0 Å². The van der Waals surface area contributed by atoms with Crippen LogP contribution >= 0.6 is 0 Å². The Hall–Kier alpha value is -4.07. The highest BCUT2D eigenvalue weighted by Crippen LogP contribution is 2.27. The minimum absolute atomic E-state index is 0.0568. The molecule has 170 valence electrons. The van der Waals surface area contributed by atoms with E-state index in [-0.39, 0.29) is 24.7 Å². The molecule has 0 spiro atoms. The van der Waals surface area contributed by atoms with Crippen molar-refractivity contribution in [1.82, 2.24) is 9.56 Å². The third-order valence-electron chi connectivity index (χ3n) is 5.01. The molecule has 2 heterocycles. The van der Waals surface area contributed by atoms with Crippen LogP contribution < -0.4 is 20.3 Å². The van der Waals surface area contributed by atoms with E-state index >= 15 is 0 Å². The number of carbonyl (C=O) groups excluding carboxylic acids is 1. The Balaban J connectivity index is 1.45. The molecule has 0 unspecified atom stereocenters. The Morgan fingerprint density at radius 3 is 2.48 bits per heavy atom. The number of rotatable bonds is 7.